The van der Waals surface area contributed by atoms with Crippen molar-refractivity contribution in [1.82, 2.24) is 0 Å². The number of hydrogen-bond donors (Lipinski definition) is 1. The molecule has 0 aromatic heterocycles. The second-order valence-electron chi connectivity index (χ2n) is 11.7. The smallest absolute Gasteiger partial charge is 0.300 e. The van der Waals surface area contributed by atoms with E-state index in [1.165, 1.54) is 50.5 Å². The molecular formula is C37H78O3. The SMILES string of the molecule is CC(=O)O.CCC.CCC(C)C.CCC(C)C.CCC(C)C(C)C.CCCC(C)CC.COCc1ccccc1. The summed E-state index contributed by atoms with van der Waals surface area (Å²) < 4.78 is 4.93. The standard InChI is InChI=1S/C8H10O.2C7H16.2C5H12.C3H8.C2H4O2/c1-9-7-8-5-3-2-4-6-8;1-5-7(4)6(2)3;1-4-6-7(3)5-2;2*1-4-5(2)3;1-3-2;1-2(3)4/h2-6H,7H2,1H3;6-7H,5H2,1-4H3;7H,4-6H2,1-3H3;2*5H,4H2,1-3H3;3H2,1-2H3;1H3,(H,3,4). The number of aliphatic carboxylic acids is 1. The molecule has 0 fully saturated rings. The second kappa shape index (κ2) is 44.7. The quantitative estimate of drug-likeness (QED) is 0.321. The van der Waals surface area contributed by atoms with Crippen LogP contribution in [0.5, 0.6) is 0 Å². The fourth-order valence-electron chi connectivity index (χ4n) is 1.91. The van der Waals surface area contributed by atoms with E-state index in [2.05, 4.69) is 104 Å². The summed E-state index contributed by atoms with van der Waals surface area (Å²) >= 11 is 0. The Bertz CT molecular complexity index is 511. The van der Waals surface area contributed by atoms with Gasteiger partial charge in [0.25, 0.3) is 5.97 Å². The molecule has 0 amide bonds. The average molecular weight is 571 g/mol. The molecule has 3 heteroatoms. The lowest BCUT2D eigenvalue weighted by Gasteiger charge is -2.10. The van der Waals surface area contributed by atoms with Gasteiger partial charge < -0.3 is 9.84 Å². The Labute approximate surface area is 255 Å². The van der Waals surface area contributed by atoms with Crippen LogP contribution in [0.1, 0.15) is 161 Å². The molecule has 2 unspecified atom stereocenters. The number of benzene rings is 1. The van der Waals surface area contributed by atoms with Crippen molar-refractivity contribution < 1.29 is 14.6 Å². The summed E-state index contributed by atoms with van der Waals surface area (Å²) in [5.41, 5.74) is 1.22. The highest BCUT2D eigenvalue weighted by Crippen LogP contribution is 2.12. The molecule has 244 valence electrons. The molecule has 2 atom stereocenters. The molecule has 1 aromatic carbocycles. The fraction of sp³-hybridized carbons (Fsp3) is 0.811. The van der Waals surface area contributed by atoms with Crippen LogP contribution in [0.25, 0.3) is 0 Å². The fourth-order valence-corrected chi connectivity index (χ4v) is 1.91. The molecule has 0 spiro atoms. The van der Waals surface area contributed by atoms with Crippen molar-refractivity contribution in [2.75, 3.05) is 7.11 Å². The van der Waals surface area contributed by atoms with Gasteiger partial charge in [-0.1, -0.05) is 179 Å². The largest absolute Gasteiger partial charge is 0.481 e. The molecule has 0 aliphatic carbocycles. The number of ether oxygens (including phenoxy) is 1. The summed E-state index contributed by atoms with van der Waals surface area (Å²) in [5, 5.41) is 7.42. The minimum absolute atomic E-state index is 0.709. The van der Waals surface area contributed by atoms with Crippen molar-refractivity contribution in [2.45, 2.75) is 162 Å². The molecule has 0 aliphatic rings. The zero-order chi connectivity index (χ0) is 32.9. The molecule has 1 aromatic rings. The molecule has 0 heterocycles. The molecule has 0 saturated carbocycles. The van der Waals surface area contributed by atoms with Gasteiger partial charge in [-0.3, -0.25) is 4.79 Å². The van der Waals surface area contributed by atoms with Crippen LogP contribution in [-0.2, 0) is 16.1 Å². The molecule has 0 aliphatic heterocycles. The van der Waals surface area contributed by atoms with Crippen molar-refractivity contribution >= 4 is 5.97 Å². The van der Waals surface area contributed by atoms with Gasteiger partial charge in [-0.2, -0.15) is 0 Å². The zero-order valence-corrected chi connectivity index (χ0v) is 30.7. The number of carboxylic acid groups (broad SMARTS) is 1. The van der Waals surface area contributed by atoms with Crippen molar-refractivity contribution in [3.8, 4) is 0 Å². The number of carboxylic acids is 1. The third-order valence-corrected chi connectivity index (χ3v) is 6.05. The van der Waals surface area contributed by atoms with E-state index in [-0.39, 0.29) is 0 Å². The van der Waals surface area contributed by atoms with E-state index >= 15 is 0 Å². The predicted molar refractivity (Wildman–Crippen MR) is 185 cm³/mol. The van der Waals surface area contributed by atoms with E-state index in [4.69, 9.17) is 14.6 Å². The van der Waals surface area contributed by atoms with Crippen LogP contribution in [0.15, 0.2) is 30.3 Å². The first-order valence-corrected chi connectivity index (χ1v) is 16.3. The van der Waals surface area contributed by atoms with E-state index in [0.717, 1.165) is 36.5 Å². The van der Waals surface area contributed by atoms with Gasteiger partial charge in [0, 0.05) is 14.0 Å². The van der Waals surface area contributed by atoms with E-state index in [0.29, 0.717) is 6.61 Å². The van der Waals surface area contributed by atoms with Gasteiger partial charge in [-0.05, 0) is 35.2 Å². The Hall–Kier alpha value is -1.35. The minimum Gasteiger partial charge on any atom is -0.481 e. The van der Waals surface area contributed by atoms with E-state index in [1.807, 2.05) is 30.3 Å². The van der Waals surface area contributed by atoms with Crippen LogP contribution in [0, 0.1) is 29.6 Å². The molecular weight excluding hydrogens is 492 g/mol. The molecule has 1 rings (SSSR count). The van der Waals surface area contributed by atoms with Gasteiger partial charge in [0.2, 0.25) is 0 Å². The number of hydrogen-bond acceptors (Lipinski definition) is 2. The van der Waals surface area contributed by atoms with Crippen LogP contribution < -0.4 is 0 Å². The Morgan fingerprint density at radius 3 is 1.23 bits per heavy atom. The summed E-state index contributed by atoms with van der Waals surface area (Å²) in [6.45, 7) is 35.2. The van der Waals surface area contributed by atoms with Crippen molar-refractivity contribution in [3.63, 3.8) is 0 Å². The summed E-state index contributed by atoms with van der Waals surface area (Å²) in [5.74, 6) is 3.65. The highest BCUT2D eigenvalue weighted by Gasteiger charge is 2.01. The Morgan fingerprint density at radius 2 is 1.07 bits per heavy atom. The Kier molecular flexibility index (Phi) is 57.4. The van der Waals surface area contributed by atoms with Crippen LogP contribution in [0.2, 0.25) is 0 Å². The number of methoxy groups -OCH3 is 1. The lowest BCUT2D eigenvalue weighted by atomic mass is 9.96. The summed E-state index contributed by atoms with van der Waals surface area (Å²) in [4.78, 5) is 9.00. The Morgan fingerprint density at radius 1 is 0.725 bits per heavy atom. The summed E-state index contributed by atoms with van der Waals surface area (Å²) in [7, 11) is 1.70. The maximum atomic E-state index is 9.00. The molecule has 0 radical (unpaired) electrons. The maximum absolute atomic E-state index is 9.00. The van der Waals surface area contributed by atoms with Gasteiger partial charge >= 0.3 is 0 Å². The first kappa shape index (κ1) is 51.4. The highest BCUT2D eigenvalue weighted by atomic mass is 16.5. The van der Waals surface area contributed by atoms with Crippen molar-refractivity contribution in [1.29, 1.82) is 0 Å². The average Bonchev–Trinajstić information content (AvgIpc) is 2.90. The van der Waals surface area contributed by atoms with Gasteiger partial charge in [0.05, 0.1) is 6.61 Å². The van der Waals surface area contributed by atoms with Crippen LogP contribution in [-0.4, -0.2) is 18.2 Å². The molecule has 40 heavy (non-hydrogen) atoms. The van der Waals surface area contributed by atoms with Gasteiger partial charge in [-0.15, -0.1) is 0 Å². The predicted octanol–water partition coefficient (Wildman–Crippen LogP) is 13.0. The van der Waals surface area contributed by atoms with Crippen LogP contribution in [0.3, 0.4) is 0 Å². The first-order valence-electron chi connectivity index (χ1n) is 16.3. The van der Waals surface area contributed by atoms with Crippen molar-refractivity contribution in [2.24, 2.45) is 29.6 Å². The third-order valence-electron chi connectivity index (χ3n) is 6.05. The minimum atomic E-state index is -0.833. The second-order valence-corrected chi connectivity index (χ2v) is 11.7. The van der Waals surface area contributed by atoms with Crippen LogP contribution >= 0.6 is 0 Å². The summed E-state index contributed by atoms with van der Waals surface area (Å²) in [6.07, 6.45) is 9.26. The molecule has 3 nitrogen and oxygen atoms in total. The Balaban J connectivity index is -0.0000000867. The van der Waals surface area contributed by atoms with E-state index in [9.17, 15) is 0 Å². The highest BCUT2D eigenvalue weighted by molar-refractivity contribution is 5.62. The lowest BCUT2D eigenvalue weighted by Crippen LogP contribution is -2.00. The van der Waals surface area contributed by atoms with Crippen LogP contribution in [0.4, 0.5) is 0 Å². The maximum Gasteiger partial charge on any atom is 0.300 e. The number of carbonyl (C=O) groups is 1. The van der Waals surface area contributed by atoms with E-state index < -0.39 is 5.97 Å². The number of rotatable bonds is 9. The lowest BCUT2D eigenvalue weighted by molar-refractivity contribution is -0.134. The topological polar surface area (TPSA) is 46.5 Å². The first-order chi connectivity index (χ1) is 18.6. The van der Waals surface area contributed by atoms with Gasteiger partial charge in [0.1, 0.15) is 0 Å². The van der Waals surface area contributed by atoms with Crippen molar-refractivity contribution in [3.05, 3.63) is 35.9 Å². The van der Waals surface area contributed by atoms with Gasteiger partial charge in [0.15, 0.2) is 0 Å². The monoisotopic (exact) mass is 571 g/mol. The van der Waals surface area contributed by atoms with E-state index in [1.54, 1.807) is 7.11 Å². The van der Waals surface area contributed by atoms with Gasteiger partial charge in [-0.25, -0.2) is 0 Å². The summed E-state index contributed by atoms with van der Waals surface area (Å²) in [6, 6.07) is 10.1. The molecule has 0 saturated heterocycles. The third kappa shape index (κ3) is 76.7. The molecule has 0 bridgehead atoms. The normalized spacial score (nSPS) is 10.7. The zero-order valence-electron chi connectivity index (χ0n) is 30.7. The molecule has 1 N–H and O–H groups in total.